The average Bonchev–Trinajstić information content (AvgIpc) is 2.72. The fourth-order valence-electron chi connectivity index (χ4n) is 3.25. The maximum absolute atomic E-state index is 12.8. The lowest BCUT2D eigenvalue weighted by atomic mass is 9.94. The van der Waals surface area contributed by atoms with Gasteiger partial charge in [0.25, 0.3) is 0 Å². The molecule has 2 aromatic rings. The molecule has 28 heavy (non-hydrogen) atoms. The van der Waals surface area contributed by atoms with E-state index in [2.05, 4.69) is 0 Å². The molecule has 8 nitrogen and oxygen atoms in total. The van der Waals surface area contributed by atoms with E-state index in [0.717, 1.165) is 0 Å². The second-order valence-corrected chi connectivity index (χ2v) is 6.03. The van der Waals surface area contributed by atoms with Crippen LogP contribution >= 0.6 is 0 Å². The number of hydrogen-bond donors (Lipinski definition) is 1. The second-order valence-electron chi connectivity index (χ2n) is 6.03. The minimum atomic E-state index is -0.590. The molecule has 0 saturated heterocycles. The maximum Gasteiger partial charge on any atom is 0.203 e. The molecule has 1 unspecified atom stereocenters. The van der Waals surface area contributed by atoms with Crippen molar-refractivity contribution < 1.29 is 38.3 Å². The summed E-state index contributed by atoms with van der Waals surface area (Å²) in [6.07, 6.45) is -0.541. The van der Waals surface area contributed by atoms with Crippen LogP contribution in [-0.2, 0) is 0 Å². The molecule has 0 saturated carbocycles. The molecule has 150 valence electrons. The minimum absolute atomic E-state index is 0.0303. The zero-order chi connectivity index (χ0) is 20.4. The van der Waals surface area contributed by atoms with Crippen molar-refractivity contribution in [2.75, 3.05) is 35.5 Å². The molecule has 1 N–H and O–H groups in total. The molecule has 0 spiro atoms. The third-order valence-corrected chi connectivity index (χ3v) is 4.59. The van der Waals surface area contributed by atoms with Crippen LogP contribution in [0, 0.1) is 0 Å². The van der Waals surface area contributed by atoms with Crippen LogP contribution in [0.25, 0.3) is 0 Å². The third kappa shape index (κ3) is 3.11. The summed E-state index contributed by atoms with van der Waals surface area (Å²) in [5.74, 6) is 1.34. The molecular weight excluding hydrogens is 368 g/mol. The number of Topliss-reactive ketones (excluding diaryl/α,β-unsaturated/α-hetero) is 1. The molecule has 2 aromatic carbocycles. The molecule has 0 bridgehead atoms. The number of fused-ring (bicyclic) bond motifs is 1. The van der Waals surface area contributed by atoms with Crippen LogP contribution in [0.1, 0.15) is 28.4 Å². The smallest absolute Gasteiger partial charge is 0.203 e. The average molecular weight is 390 g/mol. The predicted octanol–water partition coefficient (Wildman–Crippen LogP) is 3.14. The van der Waals surface area contributed by atoms with E-state index in [9.17, 15) is 9.90 Å². The van der Waals surface area contributed by atoms with Crippen molar-refractivity contribution in [2.45, 2.75) is 12.5 Å². The normalized spacial score (nSPS) is 15.3. The summed E-state index contributed by atoms with van der Waals surface area (Å²) in [6, 6.07) is 4.94. The van der Waals surface area contributed by atoms with Crippen molar-refractivity contribution in [1.82, 2.24) is 0 Å². The highest BCUT2D eigenvalue weighted by Gasteiger charge is 2.34. The maximum atomic E-state index is 12.8. The molecule has 0 aliphatic carbocycles. The van der Waals surface area contributed by atoms with Gasteiger partial charge >= 0.3 is 0 Å². The zero-order valence-corrected chi connectivity index (χ0v) is 16.3. The first-order valence-corrected chi connectivity index (χ1v) is 8.46. The fourth-order valence-corrected chi connectivity index (χ4v) is 3.25. The monoisotopic (exact) mass is 390 g/mol. The Morgan fingerprint density at radius 3 is 1.93 bits per heavy atom. The van der Waals surface area contributed by atoms with Gasteiger partial charge in [0.15, 0.2) is 28.8 Å². The highest BCUT2D eigenvalue weighted by molar-refractivity contribution is 6.04. The van der Waals surface area contributed by atoms with Gasteiger partial charge in [0, 0.05) is 11.6 Å². The van der Waals surface area contributed by atoms with Crippen LogP contribution < -0.4 is 28.4 Å². The van der Waals surface area contributed by atoms with E-state index in [1.54, 1.807) is 12.1 Å². The van der Waals surface area contributed by atoms with E-state index in [1.165, 1.54) is 41.6 Å². The highest BCUT2D eigenvalue weighted by atomic mass is 16.5. The number of methoxy groups -OCH3 is 5. The molecule has 0 radical (unpaired) electrons. The molecule has 0 aromatic heterocycles. The first-order chi connectivity index (χ1) is 13.5. The number of carbonyl (C=O) groups is 1. The Morgan fingerprint density at radius 1 is 0.857 bits per heavy atom. The van der Waals surface area contributed by atoms with Gasteiger partial charge in [-0.25, -0.2) is 0 Å². The van der Waals surface area contributed by atoms with Gasteiger partial charge in [-0.2, -0.15) is 0 Å². The van der Waals surface area contributed by atoms with E-state index in [4.69, 9.17) is 28.4 Å². The van der Waals surface area contributed by atoms with Crippen LogP contribution in [0.2, 0.25) is 0 Å². The Labute approximate surface area is 162 Å². The van der Waals surface area contributed by atoms with E-state index < -0.39 is 6.10 Å². The Balaban J connectivity index is 2.09. The third-order valence-electron chi connectivity index (χ3n) is 4.59. The number of hydrogen-bond acceptors (Lipinski definition) is 8. The van der Waals surface area contributed by atoms with Crippen LogP contribution in [0.5, 0.6) is 40.2 Å². The number of ketones is 1. The number of benzene rings is 2. The Kier molecular flexibility index (Phi) is 5.39. The van der Waals surface area contributed by atoms with Crippen LogP contribution in [0.3, 0.4) is 0 Å². The zero-order valence-electron chi connectivity index (χ0n) is 16.3. The Morgan fingerprint density at radius 2 is 1.43 bits per heavy atom. The van der Waals surface area contributed by atoms with Crippen molar-refractivity contribution in [3.63, 3.8) is 0 Å². The van der Waals surface area contributed by atoms with Gasteiger partial charge in [0.2, 0.25) is 11.5 Å². The number of rotatable bonds is 6. The van der Waals surface area contributed by atoms with Crippen LogP contribution in [0.4, 0.5) is 0 Å². The molecule has 0 amide bonds. The largest absolute Gasteiger partial charge is 0.502 e. The van der Waals surface area contributed by atoms with Crippen LogP contribution in [-0.4, -0.2) is 46.4 Å². The predicted molar refractivity (Wildman–Crippen MR) is 99.6 cm³/mol. The first-order valence-electron chi connectivity index (χ1n) is 8.46. The highest BCUT2D eigenvalue weighted by Crippen LogP contribution is 2.49. The van der Waals surface area contributed by atoms with Crippen molar-refractivity contribution in [3.8, 4) is 40.2 Å². The van der Waals surface area contributed by atoms with Crippen LogP contribution in [0.15, 0.2) is 18.2 Å². The van der Waals surface area contributed by atoms with E-state index in [-0.39, 0.29) is 40.8 Å². The fraction of sp³-hybridized carbons (Fsp3) is 0.350. The van der Waals surface area contributed by atoms with Gasteiger partial charge in [-0.05, 0) is 12.1 Å². The molecule has 1 atom stereocenters. The Hall–Kier alpha value is -3.29. The number of ether oxygens (including phenoxy) is 6. The molecular formula is C20H22O8. The van der Waals surface area contributed by atoms with Crippen molar-refractivity contribution >= 4 is 5.78 Å². The number of carbonyl (C=O) groups excluding carboxylic acids is 1. The molecule has 0 fully saturated rings. The molecule has 1 aliphatic heterocycles. The summed E-state index contributed by atoms with van der Waals surface area (Å²) in [5.41, 5.74) is 0.865. The number of phenols is 1. The molecule has 8 heteroatoms. The summed E-state index contributed by atoms with van der Waals surface area (Å²) in [5, 5.41) is 10.2. The standard InChI is InChI=1S/C20H22O8/c1-23-14-9-13-17(20(27-5)18(14)22)11(21)8-12(28-13)10-6-15(24-2)19(26-4)16(7-10)25-3/h6-7,9,12,22H,8H2,1-5H3. The van der Waals surface area contributed by atoms with Gasteiger partial charge in [-0.3, -0.25) is 4.79 Å². The minimum Gasteiger partial charge on any atom is -0.502 e. The summed E-state index contributed by atoms with van der Waals surface area (Å²) in [6.45, 7) is 0. The molecule has 1 heterocycles. The first kappa shape index (κ1) is 19.5. The number of aromatic hydroxyl groups is 1. The summed E-state index contributed by atoms with van der Waals surface area (Å²) < 4.78 is 32.5. The van der Waals surface area contributed by atoms with Gasteiger partial charge in [0.1, 0.15) is 17.4 Å². The van der Waals surface area contributed by atoms with Gasteiger partial charge < -0.3 is 33.5 Å². The van der Waals surface area contributed by atoms with Gasteiger partial charge in [-0.1, -0.05) is 0 Å². The van der Waals surface area contributed by atoms with Crippen molar-refractivity contribution in [1.29, 1.82) is 0 Å². The van der Waals surface area contributed by atoms with E-state index >= 15 is 0 Å². The topological polar surface area (TPSA) is 92.7 Å². The summed E-state index contributed by atoms with van der Waals surface area (Å²) in [7, 11) is 7.32. The van der Waals surface area contributed by atoms with E-state index in [0.29, 0.717) is 22.8 Å². The van der Waals surface area contributed by atoms with Gasteiger partial charge in [0.05, 0.1) is 42.0 Å². The quantitative estimate of drug-likeness (QED) is 0.804. The van der Waals surface area contributed by atoms with Gasteiger partial charge in [-0.15, -0.1) is 0 Å². The molecule has 3 rings (SSSR count). The SMILES string of the molecule is COc1cc2c(c(OC)c1O)C(=O)CC(c1cc(OC)c(OC)c(OC)c1)O2. The lowest BCUT2D eigenvalue weighted by Gasteiger charge is -2.28. The van der Waals surface area contributed by atoms with E-state index in [1.807, 2.05) is 0 Å². The molecule has 1 aliphatic rings. The summed E-state index contributed by atoms with van der Waals surface area (Å²) in [4.78, 5) is 12.8. The lowest BCUT2D eigenvalue weighted by Crippen LogP contribution is -2.21. The van der Waals surface area contributed by atoms with Crippen molar-refractivity contribution in [2.24, 2.45) is 0 Å². The summed E-state index contributed by atoms with van der Waals surface area (Å²) >= 11 is 0. The lowest BCUT2D eigenvalue weighted by molar-refractivity contribution is 0.0841. The Bertz CT molecular complexity index is 881. The second kappa shape index (κ2) is 7.75. The van der Waals surface area contributed by atoms with Crippen molar-refractivity contribution in [3.05, 3.63) is 29.3 Å². The number of phenolic OH excluding ortho intramolecular Hbond substituents is 1.